The van der Waals surface area contributed by atoms with Crippen LogP contribution in [0.5, 0.6) is 0 Å². The molecular formula is C137H154N5+5. The summed E-state index contributed by atoms with van der Waals surface area (Å²) in [4.78, 5) is 0. The number of pyridine rings is 5. The molecule has 7 unspecified atom stereocenters. The minimum Gasteiger partial charge on any atom is -0.201 e. The van der Waals surface area contributed by atoms with Crippen molar-refractivity contribution in [2.24, 2.45) is 99.3 Å². The van der Waals surface area contributed by atoms with E-state index in [1.165, 1.54) is 291 Å². The second-order valence-corrected chi connectivity index (χ2v) is 46.0. The molecule has 0 radical (unpaired) electrons. The number of hydrogen-bond donors (Lipinski definition) is 0. The predicted molar refractivity (Wildman–Crippen MR) is 589 cm³/mol. The lowest BCUT2D eigenvalue weighted by Gasteiger charge is -2.42. The number of aryl methyl sites for hydroxylation is 10. The minimum absolute atomic E-state index is 0.366. The van der Waals surface area contributed by atoms with Crippen molar-refractivity contribution >= 4 is 0 Å². The van der Waals surface area contributed by atoms with Crippen LogP contribution in [0.4, 0.5) is 0 Å². The Morgan fingerprint density at radius 3 is 0.803 bits per heavy atom. The monoisotopic (exact) mass is 1870 g/mol. The third kappa shape index (κ3) is 20.0. The van der Waals surface area contributed by atoms with E-state index in [0.717, 1.165) is 66.1 Å². The molecule has 7 atom stereocenters. The molecule has 15 aromatic rings. The molecule has 0 aliphatic heterocycles. The van der Waals surface area contributed by atoms with Gasteiger partial charge in [0.25, 0.3) is 0 Å². The quantitative estimate of drug-likeness (QED) is 0.0912. The van der Waals surface area contributed by atoms with Gasteiger partial charge in [-0.3, -0.25) is 0 Å². The average molecular weight is 1870 g/mol. The summed E-state index contributed by atoms with van der Waals surface area (Å²) in [6.45, 7) is 18.5. The lowest BCUT2D eigenvalue weighted by atomic mass is 9.63. The van der Waals surface area contributed by atoms with Crippen LogP contribution in [0.1, 0.15) is 256 Å². The summed E-state index contributed by atoms with van der Waals surface area (Å²) < 4.78 is 29.6. The summed E-state index contributed by atoms with van der Waals surface area (Å²) in [5.74, 6) is 8.81. The first-order chi connectivity index (χ1) is 69.8. The van der Waals surface area contributed by atoms with E-state index in [9.17, 15) is 2.74 Å². The smallest absolute Gasteiger partial charge is 0.201 e. The molecule has 0 amide bonds. The lowest BCUT2D eigenvalue weighted by molar-refractivity contribution is -0.660. The lowest BCUT2D eigenvalue weighted by Crippen LogP contribution is -2.31. The summed E-state index contributed by atoms with van der Waals surface area (Å²) in [5.41, 5.74) is 40.1. The highest BCUT2D eigenvalue weighted by Gasteiger charge is 2.61. The standard InChI is InChI=1S/C29H34N.4C27H30N/c1-20-8-6-7-9-25(20)27-18-23(15-17-30(27)5)21-10-12-22(13-11-21)26-19-24-14-16-29(26,4)28(24,2)3;2*1-19-6-3-4-9-25(19)27-18-23(14-15-28(27)2)22-7-5-8-24(17-22)26-16-20-10-12-21(26)13-11-20;2*1-19-5-3-4-6-25(19)27-18-24(15-16-28(27)2)21-11-13-23(14-12-21)26-17-20-7-9-22(26)10-8-20/h6-13,15,17-18,24,26H,14,16,19H2,1-5H3;2*3-9,14-15,17-18,20-21,26H,10-13,16H2,1-2H3;2*3-6,11-16,18,20,22,26H,7-10,17H2,1-2H3/q5*+1/i;26D;;26D;. The molecule has 0 N–H and O–H groups in total. The maximum Gasteiger partial charge on any atom is 0.213 e. The Balaban J connectivity index is 0.000000106. The number of nitrogens with zero attached hydrogens (tertiary/aromatic N) is 5. The van der Waals surface area contributed by atoms with Crippen molar-refractivity contribution in [3.63, 3.8) is 0 Å². The van der Waals surface area contributed by atoms with Crippen LogP contribution in [-0.2, 0) is 35.2 Å². The molecule has 142 heavy (non-hydrogen) atoms. The van der Waals surface area contributed by atoms with Crippen LogP contribution in [0.25, 0.3) is 112 Å². The summed E-state index contributed by atoms with van der Waals surface area (Å²) in [5, 5.41) is 0. The molecule has 722 valence electrons. The summed E-state index contributed by atoms with van der Waals surface area (Å²) in [6.07, 6.45) is 41.9. The van der Waals surface area contributed by atoms with Crippen molar-refractivity contribution in [2.75, 3.05) is 0 Å². The fourth-order valence-corrected chi connectivity index (χ4v) is 28.3. The molecule has 14 saturated carbocycles. The highest BCUT2D eigenvalue weighted by Crippen LogP contribution is 2.71. The van der Waals surface area contributed by atoms with Crippen molar-refractivity contribution in [1.29, 1.82) is 0 Å². The van der Waals surface area contributed by atoms with Gasteiger partial charge >= 0.3 is 0 Å². The SMILES string of the molecule is Cc1ccccc1-c1cc(-c2ccc(C3CC4CCC3(C)C4(C)C)cc2)cc[n+]1C.Cc1ccccc1-c1cc(-c2ccc(C3CC4CCC3CC4)cc2)cc[n+]1C.Cc1ccccc1-c1cc(-c2cccc(C3CC4CCC3CC4)c2)cc[n+]1C.[2H]C1(c2ccc(-c3cc[n+](C)c(-c4ccccc4C)c3)cc2)CC2CCC1CC2.[2H]C1(c2cccc(-c3cc[n+](C)c(-c4ccccc4C)c3)c2)CC2CCC1CC2. The van der Waals surface area contributed by atoms with Gasteiger partial charge < -0.3 is 0 Å². The van der Waals surface area contributed by atoms with Crippen molar-refractivity contribution in [2.45, 2.75) is 233 Å². The van der Waals surface area contributed by atoms with Crippen LogP contribution in [-0.4, -0.2) is 0 Å². The average Bonchev–Trinajstić information content (AvgIpc) is 1.54. The summed E-state index contributed by atoms with van der Waals surface area (Å²) in [7, 11) is 10.6. The van der Waals surface area contributed by atoms with E-state index in [2.05, 4.69) is 448 Å². The molecule has 14 fully saturated rings. The zero-order valence-corrected chi connectivity index (χ0v) is 87.2. The molecule has 29 rings (SSSR count). The first-order valence-corrected chi connectivity index (χ1v) is 54.6. The topological polar surface area (TPSA) is 19.4 Å². The maximum absolute atomic E-state index is 9.34. The minimum atomic E-state index is -0.393. The Bertz CT molecular complexity index is 7110. The molecule has 10 bridgehead atoms. The van der Waals surface area contributed by atoms with E-state index >= 15 is 0 Å². The normalized spacial score (nSPS) is 25.6. The molecule has 14 aliphatic rings. The number of benzene rings is 10. The molecule has 0 saturated heterocycles. The first-order valence-electron chi connectivity index (χ1n) is 55.6. The summed E-state index contributed by atoms with van der Waals surface area (Å²) in [6, 6.07) is 112. The van der Waals surface area contributed by atoms with Gasteiger partial charge in [0.15, 0.2) is 31.0 Å². The fourth-order valence-electron chi connectivity index (χ4n) is 28.3. The van der Waals surface area contributed by atoms with Crippen molar-refractivity contribution in [1.82, 2.24) is 0 Å². The van der Waals surface area contributed by atoms with Gasteiger partial charge in [-0.15, -0.1) is 0 Å². The van der Waals surface area contributed by atoms with Crippen LogP contribution in [0.2, 0.25) is 0 Å². The van der Waals surface area contributed by atoms with Gasteiger partial charge in [-0.25, -0.2) is 22.8 Å². The molecule has 10 aromatic carbocycles. The number of hydrogen-bond acceptors (Lipinski definition) is 0. The van der Waals surface area contributed by atoms with E-state index in [4.69, 9.17) is 0 Å². The highest BCUT2D eigenvalue weighted by molar-refractivity contribution is 5.76. The molecule has 5 heterocycles. The van der Waals surface area contributed by atoms with Crippen LogP contribution < -0.4 is 22.8 Å². The zero-order chi connectivity index (χ0) is 99.3. The van der Waals surface area contributed by atoms with Gasteiger partial charge in [-0.05, 0) is 366 Å². The highest BCUT2D eigenvalue weighted by atomic mass is 14.9. The molecule has 0 spiro atoms. The van der Waals surface area contributed by atoms with Crippen molar-refractivity contribution in [3.05, 3.63) is 390 Å². The third-order valence-corrected chi connectivity index (χ3v) is 37.6. The predicted octanol–water partition coefficient (Wildman–Crippen LogP) is 32.9. The van der Waals surface area contributed by atoms with Crippen LogP contribution in [0, 0.1) is 98.7 Å². The molecule has 5 nitrogen and oxygen atoms in total. The van der Waals surface area contributed by atoms with Gasteiger partial charge in [0.2, 0.25) is 28.5 Å². The van der Waals surface area contributed by atoms with Gasteiger partial charge in [0.1, 0.15) is 35.2 Å². The van der Waals surface area contributed by atoms with Crippen LogP contribution in [0.15, 0.2) is 334 Å². The van der Waals surface area contributed by atoms with Crippen LogP contribution in [0.3, 0.4) is 0 Å². The van der Waals surface area contributed by atoms with Gasteiger partial charge in [-0.2, -0.15) is 0 Å². The maximum atomic E-state index is 9.34. The van der Waals surface area contributed by atoms with E-state index < -0.39 is 5.89 Å². The molecule has 5 aromatic heterocycles. The van der Waals surface area contributed by atoms with E-state index in [1.807, 2.05) is 0 Å². The van der Waals surface area contributed by atoms with Gasteiger partial charge in [0.05, 0.1) is 0 Å². The first kappa shape index (κ1) is 93.6. The number of aromatic nitrogens is 5. The van der Waals surface area contributed by atoms with E-state index in [1.54, 1.807) is 11.1 Å². The van der Waals surface area contributed by atoms with Crippen molar-refractivity contribution < 1.29 is 25.6 Å². The zero-order valence-electron chi connectivity index (χ0n) is 89.2. The Labute approximate surface area is 853 Å². The second-order valence-electron chi connectivity index (χ2n) is 46.0. The molecule has 14 aliphatic carbocycles. The largest absolute Gasteiger partial charge is 0.213 e. The Morgan fingerprint density at radius 1 is 0.232 bits per heavy atom. The molecular weight excluding hydrogens is 1720 g/mol. The van der Waals surface area contributed by atoms with Crippen molar-refractivity contribution in [3.8, 4) is 112 Å². The Morgan fingerprint density at radius 2 is 0.507 bits per heavy atom. The van der Waals surface area contributed by atoms with E-state index in [0.29, 0.717) is 28.6 Å². The Kier molecular flexibility index (Phi) is 27.5. The second kappa shape index (κ2) is 41.7. The number of rotatable bonds is 15. The number of fused-ring (bicyclic) bond motifs is 14. The third-order valence-electron chi connectivity index (χ3n) is 37.6. The van der Waals surface area contributed by atoms with E-state index in [-0.39, 0.29) is 5.89 Å². The summed E-state index contributed by atoms with van der Waals surface area (Å²) >= 11 is 0. The molecule has 5 heteroatoms. The van der Waals surface area contributed by atoms with Crippen LogP contribution >= 0.6 is 0 Å². The van der Waals surface area contributed by atoms with Gasteiger partial charge in [-0.1, -0.05) is 284 Å². The van der Waals surface area contributed by atoms with Gasteiger partial charge in [0, 0.05) is 91.2 Å². The fraction of sp³-hybridized carbons (Fsp3) is 0.380. The Hall–Kier alpha value is -12.1.